The predicted octanol–water partition coefficient (Wildman–Crippen LogP) is 4.23. The summed E-state index contributed by atoms with van der Waals surface area (Å²) in [7, 11) is 0. The summed E-state index contributed by atoms with van der Waals surface area (Å²) in [6.07, 6.45) is 1.77. The molecule has 3 rings (SSSR count). The van der Waals surface area contributed by atoms with Gasteiger partial charge in [-0.3, -0.25) is 4.79 Å². The lowest BCUT2D eigenvalue weighted by Crippen LogP contribution is -2.13. The van der Waals surface area contributed by atoms with Gasteiger partial charge in [-0.15, -0.1) is 0 Å². The Hall–Kier alpha value is -2.07. The fourth-order valence-corrected chi connectivity index (χ4v) is 2.58. The molecule has 2 aromatic carbocycles. The quantitative estimate of drug-likeness (QED) is 0.704. The second-order valence-corrected chi connectivity index (χ2v) is 5.45. The zero-order chi connectivity index (χ0) is 13.9. The van der Waals surface area contributed by atoms with E-state index in [1.165, 1.54) is 0 Å². The standard InChI is InChI=1S/C16H13BrN2O/c17-11-4-3-5-12(8-11)18-10-16(20)14-9-19-15-7-2-1-6-13(14)15/h1-9,18-19H,10H2. The van der Waals surface area contributed by atoms with Crippen LogP contribution in [0.2, 0.25) is 0 Å². The Morgan fingerprint density at radius 1 is 1.15 bits per heavy atom. The molecule has 4 heteroatoms. The number of aromatic nitrogens is 1. The number of Topliss-reactive ketones (excluding diaryl/α,β-unsaturated/α-hetero) is 1. The fraction of sp³-hybridized carbons (Fsp3) is 0.0625. The van der Waals surface area contributed by atoms with Crippen LogP contribution in [-0.2, 0) is 0 Å². The van der Waals surface area contributed by atoms with Crippen LogP contribution < -0.4 is 5.32 Å². The second kappa shape index (κ2) is 5.51. The summed E-state index contributed by atoms with van der Waals surface area (Å²) in [5, 5.41) is 4.11. The van der Waals surface area contributed by atoms with Crippen molar-refractivity contribution in [3.05, 3.63) is 64.8 Å². The normalized spacial score (nSPS) is 10.7. The first-order valence-electron chi connectivity index (χ1n) is 6.33. The number of benzene rings is 2. The molecule has 2 N–H and O–H groups in total. The predicted molar refractivity (Wildman–Crippen MR) is 85.3 cm³/mol. The molecule has 0 fully saturated rings. The van der Waals surface area contributed by atoms with E-state index >= 15 is 0 Å². The van der Waals surface area contributed by atoms with Crippen LogP contribution in [0.25, 0.3) is 10.9 Å². The van der Waals surface area contributed by atoms with Gasteiger partial charge in [-0.05, 0) is 24.3 Å². The number of hydrogen-bond donors (Lipinski definition) is 2. The number of halogens is 1. The van der Waals surface area contributed by atoms with Crippen LogP contribution in [0.5, 0.6) is 0 Å². The minimum absolute atomic E-state index is 0.0717. The SMILES string of the molecule is O=C(CNc1cccc(Br)c1)c1c[nH]c2ccccc12. The lowest BCUT2D eigenvalue weighted by molar-refractivity contribution is 0.101. The summed E-state index contributed by atoms with van der Waals surface area (Å²) < 4.78 is 0.988. The maximum Gasteiger partial charge on any atom is 0.183 e. The molecule has 3 aromatic rings. The van der Waals surface area contributed by atoms with Crippen LogP contribution in [-0.4, -0.2) is 17.3 Å². The van der Waals surface area contributed by atoms with Crippen molar-refractivity contribution in [3.8, 4) is 0 Å². The highest BCUT2D eigenvalue weighted by Crippen LogP contribution is 2.19. The van der Waals surface area contributed by atoms with Crippen molar-refractivity contribution in [1.29, 1.82) is 0 Å². The van der Waals surface area contributed by atoms with Crippen molar-refractivity contribution in [2.45, 2.75) is 0 Å². The number of carbonyl (C=O) groups is 1. The Kier molecular flexibility index (Phi) is 3.56. The van der Waals surface area contributed by atoms with Crippen LogP contribution >= 0.6 is 15.9 Å². The van der Waals surface area contributed by atoms with E-state index in [1.54, 1.807) is 6.20 Å². The number of H-pyrrole nitrogens is 1. The zero-order valence-corrected chi connectivity index (χ0v) is 12.3. The Labute approximate surface area is 125 Å². The van der Waals surface area contributed by atoms with Gasteiger partial charge < -0.3 is 10.3 Å². The van der Waals surface area contributed by atoms with Gasteiger partial charge in [0.1, 0.15) is 0 Å². The maximum absolute atomic E-state index is 12.3. The molecule has 0 amide bonds. The van der Waals surface area contributed by atoms with Gasteiger partial charge in [-0.25, -0.2) is 0 Å². The molecule has 0 spiro atoms. The van der Waals surface area contributed by atoms with Gasteiger partial charge in [0.05, 0.1) is 6.54 Å². The maximum atomic E-state index is 12.3. The number of para-hydroxylation sites is 1. The third-order valence-corrected chi connectivity index (χ3v) is 3.66. The molecule has 0 atom stereocenters. The van der Waals surface area contributed by atoms with Crippen molar-refractivity contribution in [3.63, 3.8) is 0 Å². The number of hydrogen-bond acceptors (Lipinski definition) is 2. The van der Waals surface area contributed by atoms with Gasteiger partial charge in [0.25, 0.3) is 0 Å². The lowest BCUT2D eigenvalue weighted by atomic mass is 10.1. The van der Waals surface area contributed by atoms with Gasteiger partial charge in [0.2, 0.25) is 0 Å². The minimum atomic E-state index is 0.0717. The summed E-state index contributed by atoms with van der Waals surface area (Å²) in [6, 6.07) is 15.6. The van der Waals surface area contributed by atoms with E-state index in [4.69, 9.17) is 0 Å². The van der Waals surface area contributed by atoms with Crippen molar-refractivity contribution < 1.29 is 4.79 Å². The van der Waals surface area contributed by atoms with E-state index < -0.39 is 0 Å². The molecule has 0 unspecified atom stereocenters. The van der Waals surface area contributed by atoms with E-state index in [9.17, 15) is 4.79 Å². The Morgan fingerprint density at radius 3 is 2.85 bits per heavy atom. The van der Waals surface area contributed by atoms with Crippen LogP contribution in [0.3, 0.4) is 0 Å². The first-order chi connectivity index (χ1) is 9.74. The molecule has 0 aliphatic rings. The van der Waals surface area contributed by atoms with Crippen LogP contribution in [0.1, 0.15) is 10.4 Å². The molecular formula is C16H13BrN2O. The molecular weight excluding hydrogens is 316 g/mol. The van der Waals surface area contributed by atoms with E-state index in [1.807, 2.05) is 48.5 Å². The number of ketones is 1. The topological polar surface area (TPSA) is 44.9 Å². The number of carbonyl (C=O) groups excluding carboxylic acids is 1. The lowest BCUT2D eigenvalue weighted by Gasteiger charge is -2.05. The molecule has 0 bridgehead atoms. The summed E-state index contributed by atoms with van der Waals surface area (Å²) in [5.74, 6) is 0.0717. The van der Waals surface area contributed by atoms with Gasteiger partial charge in [-0.1, -0.05) is 40.2 Å². The second-order valence-electron chi connectivity index (χ2n) is 4.54. The Bertz CT molecular complexity index is 764. The summed E-state index contributed by atoms with van der Waals surface area (Å²) in [5.41, 5.74) is 2.63. The number of anilines is 1. The Morgan fingerprint density at radius 2 is 2.00 bits per heavy atom. The minimum Gasteiger partial charge on any atom is -0.378 e. The van der Waals surface area contributed by atoms with Gasteiger partial charge in [0, 0.05) is 32.8 Å². The third kappa shape index (κ3) is 2.60. The van der Waals surface area contributed by atoms with Crippen molar-refractivity contribution in [1.82, 2.24) is 4.98 Å². The van der Waals surface area contributed by atoms with E-state index in [-0.39, 0.29) is 12.3 Å². The first-order valence-corrected chi connectivity index (χ1v) is 7.12. The van der Waals surface area contributed by atoms with Gasteiger partial charge in [0.15, 0.2) is 5.78 Å². The molecule has 1 aromatic heterocycles. The molecule has 1 heterocycles. The van der Waals surface area contributed by atoms with Gasteiger partial charge >= 0.3 is 0 Å². The molecule has 20 heavy (non-hydrogen) atoms. The highest BCUT2D eigenvalue weighted by molar-refractivity contribution is 9.10. The van der Waals surface area contributed by atoms with E-state index in [0.717, 1.165) is 26.6 Å². The van der Waals surface area contributed by atoms with Crippen molar-refractivity contribution >= 4 is 38.3 Å². The molecule has 3 nitrogen and oxygen atoms in total. The number of fused-ring (bicyclic) bond motifs is 1. The van der Waals surface area contributed by atoms with Crippen LogP contribution in [0.4, 0.5) is 5.69 Å². The molecule has 0 radical (unpaired) electrons. The molecule has 100 valence electrons. The first kappa shape index (κ1) is 12.9. The van der Waals surface area contributed by atoms with E-state index in [0.29, 0.717) is 0 Å². The smallest absolute Gasteiger partial charge is 0.183 e. The van der Waals surface area contributed by atoms with Crippen LogP contribution in [0.15, 0.2) is 59.2 Å². The molecule has 0 aliphatic carbocycles. The third-order valence-electron chi connectivity index (χ3n) is 3.17. The highest BCUT2D eigenvalue weighted by atomic mass is 79.9. The highest BCUT2D eigenvalue weighted by Gasteiger charge is 2.11. The van der Waals surface area contributed by atoms with Gasteiger partial charge in [-0.2, -0.15) is 0 Å². The summed E-state index contributed by atoms with van der Waals surface area (Å²) >= 11 is 3.41. The van der Waals surface area contributed by atoms with Crippen LogP contribution in [0, 0.1) is 0 Å². The van der Waals surface area contributed by atoms with Crippen molar-refractivity contribution in [2.24, 2.45) is 0 Å². The Balaban J connectivity index is 1.76. The summed E-state index contributed by atoms with van der Waals surface area (Å²) in [4.78, 5) is 15.4. The number of aromatic amines is 1. The fourth-order valence-electron chi connectivity index (χ4n) is 2.18. The zero-order valence-electron chi connectivity index (χ0n) is 10.7. The monoisotopic (exact) mass is 328 g/mol. The van der Waals surface area contributed by atoms with Crippen molar-refractivity contribution in [2.75, 3.05) is 11.9 Å². The number of nitrogens with one attached hydrogen (secondary N) is 2. The molecule has 0 saturated carbocycles. The average molecular weight is 329 g/mol. The summed E-state index contributed by atoms with van der Waals surface area (Å²) in [6.45, 7) is 0.276. The molecule has 0 aliphatic heterocycles. The largest absolute Gasteiger partial charge is 0.378 e. The van der Waals surface area contributed by atoms with E-state index in [2.05, 4.69) is 26.2 Å². The average Bonchev–Trinajstić information content (AvgIpc) is 2.89. The number of rotatable bonds is 4. The molecule has 0 saturated heterocycles.